The Hall–Kier alpha value is -0.593. The monoisotopic (exact) mass is 428 g/mol. The van der Waals surface area contributed by atoms with Gasteiger partial charge in [-0.1, -0.05) is 31.2 Å². The number of carbonyl (C=O) groups is 1. The van der Waals surface area contributed by atoms with Gasteiger partial charge in [-0.25, -0.2) is 0 Å². The van der Waals surface area contributed by atoms with Crippen LogP contribution < -0.4 is 4.90 Å². The summed E-state index contributed by atoms with van der Waals surface area (Å²) in [5.74, 6) is 0.791. The van der Waals surface area contributed by atoms with Crippen molar-refractivity contribution in [3.8, 4) is 0 Å². The summed E-state index contributed by atoms with van der Waals surface area (Å²) in [6.45, 7) is 10.7. The molecule has 1 saturated heterocycles. The third-order valence-corrected chi connectivity index (χ3v) is 7.85. The second-order valence-electron chi connectivity index (χ2n) is 8.86. The summed E-state index contributed by atoms with van der Waals surface area (Å²) in [6, 6.07) is 6.91. The maximum Gasteiger partial charge on any atom is 0.239 e. The molecule has 0 radical (unpaired) electrons. The van der Waals surface area contributed by atoms with Crippen molar-refractivity contribution in [2.75, 3.05) is 43.8 Å². The summed E-state index contributed by atoms with van der Waals surface area (Å²) in [7, 11) is -1.15. The first kappa shape index (κ1) is 21.1. The molecule has 1 spiro atoms. The van der Waals surface area contributed by atoms with E-state index in [0.29, 0.717) is 24.2 Å². The Morgan fingerprint density at radius 1 is 1.22 bits per heavy atom. The quantitative estimate of drug-likeness (QED) is 0.362. The average Bonchev–Trinajstić information content (AvgIpc) is 2.82. The van der Waals surface area contributed by atoms with Crippen molar-refractivity contribution in [3.05, 3.63) is 28.8 Å². The lowest BCUT2D eigenvalue weighted by atomic mass is 9.73. The molecule has 0 N–H and O–H groups in total. The normalized spacial score (nSPS) is 19.7. The van der Waals surface area contributed by atoms with Gasteiger partial charge in [0, 0.05) is 32.1 Å². The number of hydrogen-bond donors (Lipinski definition) is 0. The van der Waals surface area contributed by atoms with Crippen molar-refractivity contribution < 1.29 is 9.53 Å². The van der Waals surface area contributed by atoms with E-state index < -0.39 is 13.5 Å². The summed E-state index contributed by atoms with van der Waals surface area (Å²) in [5, 5.41) is 0.686. The van der Waals surface area contributed by atoms with Gasteiger partial charge in [0.2, 0.25) is 5.91 Å². The number of halogens is 2. The molecule has 7 heteroatoms. The Balaban J connectivity index is 1.77. The number of amides is 1. The number of piperidine rings is 1. The first-order chi connectivity index (χ1) is 12.8. The molecule has 1 amide bonds. The number of fused-ring (bicyclic) bond motifs is 2. The van der Waals surface area contributed by atoms with E-state index in [0.717, 1.165) is 49.8 Å². The number of alkyl halides is 1. The summed E-state index contributed by atoms with van der Waals surface area (Å²) in [5.41, 5.74) is 1.56. The average molecular weight is 429 g/mol. The molecule has 0 aromatic heterocycles. The smallest absolute Gasteiger partial charge is 0.239 e. The molecule has 27 heavy (non-hydrogen) atoms. The standard InChI is InChI=1S/C20H30Cl2N2O2Si/c1-27(2,3)13-12-26-15-24-18-5-4-16(22)14-17(18)20(19(24)25)6-9-23(10-7-20)11-8-21/h4-5,14H,6-13,15H2,1-3H3. The van der Waals surface area contributed by atoms with E-state index in [4.69, 9.17) is 27.9 Å². The van der Waals surface area contributed by atoms with Crippen LogP contribution in [0.1, 0.15) is 18.4 Å². The highest BCUT2D eigenvalue weighted by molar-refractivity contribution is 6.76. The maximum absolute atomic E-state index is 13.5. The lowest BCUT2D eigenvalue weighted by Gasteiger charge is -2.38. The molecule has 3 rings (SSSR count). The van der Waals surface area contributed by atoms with Crippen LogP contribution in [0.3, 0.4) is 0 Å². The van der Waals surface area contributed by atoms with Crippen molar-refractivity contribution in [2.24, 2.45) is 0 Å². The number of likely N-dealkylation sites (tertiary alicyclic amines) is 1. The number of nitrogens with zero attached hydrogens (tertiary/aromatic N) is 2. The summed E-state index contributed by atoms with van der Waals surface area (Å²) >= 11 is 12.2. The summed E-state index contributed by atoms with van der Waals surface area (Å²) in [4.78, 5) is 17.6. The predicted molar refractivity (Wildman–Crippen MR) is 116 cm³/mol. The second kappa shape index (κ2) is 8.42. The summed E-state index contributed by atoms with van der Waals surface area (Å²) in [6.07, 6.45) is 1.61. The molecule has 1 aromatic rings. The Kier molecular flexibility index (Phi) is 6.58. The Morgan fingerprint density at radius 2 is 1.93 bits per heavy atom. The number of benzene rings is 1. The third kappa shape index (κ3) is 4.53. The molecule has 1 aromatic carbocycles. The van der Waals surface area contributed by atoms with Gasteiger partial charge in [0.05, 0.1) is 11.1 Å². The van der Waals surface area contributed by atoms with Crippen LogP contribution in [0.5, 0.6) is 0 Å². The lowest BCUT2D eigenvalue weighted by molar-refractivity contribution is -0.126. The van der Waals surface area contributed by atoms with Crippen LogP contribution in [0.25, 0.3) is 0 Å². The zero-order valence-corrected chi connectivity index (χ0v) is 19.1. The molecular weight excluding hydrogens is 399 g/mol. The molecule has 2 aliphatic heterocycles. The number of anilines is 1. The molecule has 0 aliphatic carbocycles. The second-order valence-corrected chi connectivity index (χ2v) is 15.3. The minimum absolute atomic E-state index is 0.165. The van der Waals surface area contributed by atoms with Gasteiger partial charge < -0.3 is 9.64 Å². The van der Waals surface area contributed by atoms with Gasteiger partial charge in [-0.05, 0) is 55.7 Å². The van der Waals surface area contributed by atoms with E-state index in [1.54, 1.807) is 0 Å². The fourth-order valence-corrected chi connectivity index (χ4v) is 5.20. The van der Waals surface area contributed by atoms with Crippen LogP contribution in [-0.2, 0) is 14.9 Å². The van der Waals surface area contributed by atoms with Gasteiger partial charge in [0.1, 0.15) is 6.73 Å². The van der Waals surface area contributed by atoms with E-state index in [1.807, 2.05) is 23.1 Å². The molecular formula is C20H30Cl2N2O2Si. The highest BCUT2D eigenvalue weighted by Crippen LogP contribution is 2.48. The molecule has 150 valence electrons. The molecule has 4 nitrogen and oxygen atoms in total. The predicted octanol–water partition coefficient (Wildman–Crippen LogP) is 4.57. The fraction of sp³-hybridized carbons (Fsp3) is 0.650. The number of carbonyl (C=O) groups excluding carboxylic acids is 1. The number of rotatable bonds is 7. The van der Waals surface area contributed by atoms with Crippen LogP contribution in [0.4, 0.5) is 5.69 Å². The minimum Gasteiger partial charge on any atom is -0.361 e. The van der Waals surface area contributed by atoms with Crippen molar-refractivity contribution in [3.63, 3.8) is 0 Å². The zero-order chi connectivity index (χ0) is 19.7. The topological polar surface area (TPSA) is 32.8 Å². The first-order valence-corrected chi connectivity index (χ1v) is 14.4. The van der Waals surface area contributed by atoms with Gasteiger partial charge in [-0.3, -0.25) is 9.69 Å². The fourth-order valence-electron chi connectivity index (χ4n) is 4.03. The SMILES string of the molecule is C[Si](C)(C)CCOCN1C(=O)C2(CCN(CCCl)CC2)c2cc(Cl)ccc21. The van der Waals surface area contributed by atoms with E-state index in [9.17, 15) is 4.79 Å². The van der Waals surface area contributed by atoms with Crippen LogP contribution >= 0.6 is 23.2 Å². The third-order valence-electron chi connectivity index (χ3n) is 5.75. The van der Waals surface area contributed by atoms with Crippen LogP contribution in [0.15, 0.2) is 18.2 Å². The van der Waals surface area contributed by atoms with Gasteiger partial charge in [-0.15, -0.1) is 11.6 Å². The van der Waals surface area contributed by atoms with E-state index in [-0.39, 0.29) is 5.91 Å². The molecule has 0 unspecified atom stereocenters. The van der Waals surface area contributed by atoms with Crippen LogP contribution in [-0.4, -0.2) is 57.7 Å². The van der Waals surface area contributed by atoms with Gasteiger partial charge >= 0.3 is 0 Å². The molecule has 1 fully saturated rings. The van der Waals surface area contributed by atoms with E-state index in [2.05, 4.69) is 24.5 Å². The maximum atomic E-state index is 13.5. The Morgan fingerprint density at radius 3 is 2.56 bits per heavy atom. The Labute approximate surface area is 173 Å². The molecule has 2 heterocycles. The largest absolute Gasteiger partial charge is 0.361 e. The zero-order valence-electron chi connectivity index (χ0n) is 16.6. The number of ether oxygens (including phenoxy) is 1. The minimum atomic E-state index is -1.15. The molecule has 2 aliphatic rings. The number of hydrogen-bond acceptors (Lipinski definition) is 3. The van der Waals surface area contributed by atoms with E-state index >= 15 is 0 Å². The van der Waals surface area contributed by atoms with Crippen molar-refractivity contribution >= 4 is 42.9 Å². The van der Waals surface area contributed by atoms with Crippen LogP contribution in [0.2, 0.25) is 30.7 Å². The first-order valence-electron chi connectivity index (χ1n) is 9.75. The summed E-state index contributed by atoms with van der Waals surface area (Å²) < 4.78 is 5.92. The highest BCUT2D eigenvalue weighted by Gasteiger charge is 2.52. The van der Waals surface area contributed by atoms with Crippen molar-refractivity contribution in [2.45, 2.75) is 43.9 Å². The molecule has 0 bridgehead atoms. The Bertz CT molecular complexity index is 685. The lowest BCUT2D eigenvalue weighted by Crippen LogP contribution is -2.49. The van der Waals surface area contributed by atoms with Gasteiger partial charge in [0.25, 0.3) is 0 Å². The van der Waals surface area contributed by atoms with Gasteiger partial charge in [-0.2, -0.15) is 0 Å². The van der Waals surface area contributed by atoms with E-state index in [1.165, 1.54) is 0 Å². The van der Waals surface area contributed by atoms with Gasteiger partial charge in [0.15, 0.2) is 0 Å². The molecule has 0 atom stereocenters. The highest BCUT2D eigenvalue weighted by atomic mass is 35.5. The molecule has 0 saturated carbocycles. The van der Waals surface area contributed by atoms with Crippen LogP contribution in [0, 0.1) is 0 Å². The van der Waals surface area contributed by atoms with Crippen molar-refractivity contribution in [1.82, 2.24) is 4.90 Å². The van der Waals surface area contributed by atoms with Crippen molar-refractivity contribution in [1.29, 1.82) is 0 Å².